The van der Waals surface area contributed by atoms with Crippen LogP contribution in [0.3, 0.4) is 0 Å². The molecule has 0 saturated heterocycles. The number of fused-ring (bicyclic) bond motifs is 1. The smallest absolute Gasteiger partial charge is 0.330 e. The normalized spacial score (nSPS) is 14.5. The molecule has 2 aromatic heterocycles. The van der Waals surface area contributed by atoms with Crippen molar-refractivity contribution >= 4 is 11.0 Å². The van der Waals surface area contributed by atoms with Crippen LogP contribution in [0.25, 0.3) is 22.2 Å². The van der Waals surface area contributed by atoms with Gasteiger partial charge in [-0.3, -0.25) is 5.10 Å². The molecule has 0 spiro atoms. The lowest BCUT2D eigenvalue weighted by Gasteiger charge is -2.28. The van der Waals surface area contributed by atoms with Crippen molar-refractivity contribution in [1.82, 2.24) is 15.2 Å². The Hall–Kier alpha value is -2.41. The maximum Gasteiger partial charge on any atom is 0.393 e. The van der Waals surface area contributed by atoms with Crippen LogP contribution in [0.1, 0.15) is 31.4 Å². The fourth-order valence-electron chi connectivity index (χ4n) is 3.10. The second-order valence-corrected chi connectivity index (χ2v) is 6.82. The maximum absolute atomic E-state index is 13.0. The number of pyridine rings is 1. The number of hydrogen-bond donors (Lipinski definition) is 2. The number of H-pyrrole nitrogens is 1. The first-order valence-corrected chi connectivity index (χ1v) is 8.45. The van der Waals surface area contributed by atoms with E-state index >= 15 is 0 Å². The molecule has 3 rings (SSSR count). The zero-order valence-electron chi connectivity index (χ0n) is 14.7. The predicted octanol–water partition coefficient (Wildman–Crippen LogP) is 4.36. The minimum absolute atomic E-state index is 0.228. The molecule has 2 heterocycles. The second-order valence-electron chi connectivity index (χ2n) is 6.82. The molecule has 3 N–H and O–H groups in total. The number of hydrogen-bond acceptors (Lipinski definition) is 3. The highest BCUT2D eigenvalue weighted by Crippen LogP contribution is 2.35. The van der Waals surface area contributed by atoms with Crippen molar-refractivity contribution < 1.29 is 13.2 Å². The van der Waals surface area contributed by atoms with Crippen molar-refractivity contribution in [1.29, 1.82) is 0 Å². The summed E-state index contributed by atoms with van der Waals surface area (Å²) >= 11 is 0. The summed E-state index contributed by atoms with van der Waals surface area (Å²) in [5, 5.41) is 7.55. The summed E-state index contributed by atoms with van der Waals surface area (Å²) in [7, 11) is 0. The highest BCUT2D eigenvalue weighted by Gasteiger charge is 2.30. The number of rotatable bonds is 5. The number of aromatic nitrogens is 3. The summed E-state index contributed by atoms with van der Waals surface area (Å²) in [6.45, 7) is 4.32. The first kappa shape index (κ1) is 18.4. The number of alkyl halides is 3. The molecule has 0 amide bonds. The van der Waals surface area contributed by atoms with Gasteiger partial charge in [0.2, 0.25) is 0 Å². The quantitative estimate of drug-likeness (QED) is 0.709. The molecule has 4 nitrogen and oxygen atoms in total. The Balaban J connectivity index is 2.21. The third kappa shape index (κ3) is 3.58. The lowest BCUT2D eigenvalue weighted by molar-refractivity contribution is -0.127. The van der Waals surface area contributed by atoms with Crippen LogP contribution >= 0.6 is 0 Å². The van der Waals surface area contributed by atoms with Crippen LogP contribution in [0.4, 0.5) is 13.2 Å². The monoisotopic (exact) mass is 362 g/mol. The standard InChI is InChI=1S/C19H21F3N4/c1-3-18(2,11-23)14-7-12(9-19(20,21)22)6-13(8-14)15-4-5-24-17-16(15)10-25-26-17/h4-8,10H,3,9,11,23H2,1-2H3,(H,24,25,26). The lowest BCUT2D eigenvalue weighted by atomic mass is 9.78. The fraction of sp³-hybridized carbons (Fsp3) is 0.368. The molecule has 0 aliphatic carbocycles. The summed E-state index contributed by atoms with van der Waals surface area (Å²) in [5.41, 5.74) is 8.70. The van der Waals surface area contributed by atoms with E-state index in [4.69, 9.17) is 5.73 Å². The molecule has 0 fully saturated rings. The average Bonchev–Trinajstić information content (AvgIpc) is 3.08. The summed E-state index contributed by atoms with van der Waals surface area (Å²) < 4.78 is 39.1. The van der Waals surface area contributed by atoms with Crippen molar-refractivity contribution in [2.75, 3.05) is 6.54 Å². The van der Waals surface area contributed by atoms with E-state index in [9.17, 15) is 13.2 Å². The van der Waals surface area contributed by atoms with Crippen LogP contribution in [0.5, 0.6) is 0 Å². The van der Waals surface area contributed by atoms with Gasteiger partial charge in [-0.1, -0.05) is 32.0 Å². The highest BCUT2D eigenvalue weighted by molar-refractivity contribution is 5.92. The summed E-state index contributed by atoms with van der Waals surface area (Å²) in [5.74, 6) is 0. The highest BCUT2D eigenvalue weighted by atomic mass is 19.4. The van der Waals surface area contributed by atoms with Gasteiger partial charge >= 0.3 is 6.18 Å². The Bertz CT molecular complexity index is 911. The van der Waals surface area contributed by atoms with Crippen molar-refractivity contribution in [3.63, 3.8) is 0 Å². The topological polar surface area (TPSA) is 67.6 Å². The number of aromatic amines is 1. The van der Waals surface area contributed by atoms with Gasteiger partial charge in [0, 0.05) is 23.5 Å². The number of nitrogens with two attached hydrogens (primary N) is 1. The van der Waals surface area contributed by atoms with E-state index < -0.39 is 12.6 Å². The van der Waals surface area contributed by atoms with Crippen molar-refractivity contribution in [2.45, 2.75) is 38.3 Å². The Kier molecular flexibility index (Phi) is 4.75. The van der Waals surface area contributed by atoms with E-state index in [2.05, 4.69) is 15.2 Å². The first-order chi connectivity index (χ1) is 12.3. The molecular formula is C19H21F3N4. The van der Waals surface area contributed by atoms with Crippen molar-refractivity contribution in [3.05, 3.63) is 47.8 Å². The minimum Gasteiger partial charge on any atom is -0.330 e. The fourth-order valence-corrected chi connectivity index (χ4v) is 3.10. The van der Waals surface area contributed by atoms with Crippen LogP contribution in [0.2, 0.25) is 0 Å². The van der Waals surface area contributed by atoms with E-state index in [1.807, 2.05) is 19.9 Å². The van der Waals surface area contributed by atoms with E-state index in [1.54, 1.807) is 30.6 Å². The first-order valence-electron chi connectivity index (χ1n) is 8.45. The van der Waals surface area contributed by atoms with Crippen molar-refractivity contribution in [3.8, 4) is 11.1 Å². The van der Waals surface area contributed by atoms with Gasteiger partial charge in [0.1, 0.15) is 0 Å². The van der Waals surface area contributed by atoms with Gasteiger partial charge in [-0.25, -0.2) is 4.98 Å². The SMILES string of the molecule is CCC(C)(CN)c1cc(CC(F)(F)F)cc(-c2ccnc3[nH]ncc23)c1. The zero-order chi connectivity index (χ0) is 18.9. The van der Waals surface area contributed by atoms with Gasteiger partial charge in [-0.2, -0.15) is 18.3 Å². The summed E-state index contributed by atoms with van der Waals surface area (Å²) in [4.78, 5) is 4.19. The van der Waals surface area contributed by atoms with E-state index in [0.717, 1.165) is 22.9 Å². The molecule has 138 valence electrons. The van der Waals surface area contributed by atoms with Gasteiger partial charge in [0.15, 0.2) is 5.65 Å². The van der Waals surface area contributed by atoms with Gasteiger partial charge < -0.3 is 5.73 Å². The van der Waals surface area contributed by atoms with E-state index in [-0.39, 0.29) is 11.0 Å². The summed E-state index contributed by atoms with van der Waals surface area (Å²) in [6.07, 6.45) is -1.26. The number of halogens is 3. The average molecular weight is 362 g/mol. The van der Waals surface area contributed by atoms with Crippen LogP contribution in [-0.2, 0) is 11.8 Å². The Morgan fingerprint density at radius 2 is 1.96 bits per heavy atom. The molecule has 1 atom stereocenters. The molecule has 3 aromatic rings. The van der Waals surface area contributed by atoms with Crippen molar-refractivity contribution in [2.24, 2.45) is 5.73 Å². The Labute approximate surface area is 149 Å². The number of nitrogens with zero attached hydrogens (tertiary/aromatic N) is 2. The number of nitrogens with one attached hydrogen (secondary N) is 1. The van der Waals surface area contributed by atoms with Gasteiger partial charge in [0.25, 0.3) is 0 Å². The summed E-state index contributed by atoms with van der Waals surface area (Å²) in [6, 6.07) is 6.94. The predicted molar refractivity (Wildman–Crippen MR) is 95.8 cm³/mol. The Morgan fingerprint density at radius 1 is 1.19 bits per heavy atom. The molecule has 26 heavy (non-hydrogen) atoms. The van der Waals surface area contributed by atoms with Crippen LogP contribution in [0.15, 0.2) is 36.7 Å². The molecular weight excluding hydrogens is 341 g/mol. The molecule has 7 heteroatoms. The molecule has 1 unspecified atom stereocenters. The van der Waals surface area contributed by atoms with E-state index in [0.29, 0.717) is 17.8 Å². The Morgan fingerprint density at radius 3 is 2.62 bits per heavy atom. The molecule has 0 aliphatic heterocycles. The minimum atomic E-state index is -4.27. The molecule has 0 bridgehead atoms. The third-order valence-corrected chi connectivity index (χ3v) is 4.99. The molecule has 1 aromatic carbocycles. The maximum atomic E-state index is 13.0. The zero-order valence-corrected chi connectivity index (χ0v) is 14.7. The lowest BCUT2D eigenvalue weighted by Crippen LogP contribution is -2.31. The second kappa shape index (κ2) is 6.72. The van der Waals surface area contributed by atoms with Gasteiger partial charge in [-0.15, -0.1) is 0 Å². The molecule has 0 aliphatic rings. The number of benzene rings is 1. The van der Waals surface area contributed by atoms with Gasteiger partial charge in [-0.05, 0) is 34.7 Å². The largest absolute Gasteiger partial charge is 0.393 e. The van der Waals surface area contributed by atoms with Crippen LogP contribution in [-0.4, -0.2) is 27.9 Å². The van der Waals surface area contributed by atoms with Crippen LogP contribution in [0, 0.1) is 0 Å². The molecule has 0 radical (unpaired) electrons. The van der Waals surface area contributed by atoms with E-state index in [1.165, 1.54) is 0 Å². The molecule has 0 saturated carbocycles. The van der Waals surface area contributed by atoms with Gasteiger partial charge in [0.05, 0.1) is 12.6 Å². The van der Waals surface area contributed by atoms with Crippen LogP contribution < -0.4 is 5.73 Å². The third-order valence-electron chi connectivity index (χ3n) is 4.99.